The summed E-state index contributed by atoms with van der Waals surface area (Å²) < 4.78 is 0. The van der Waals surface area contributed by atoms with E-state index in [1.807, 2.05) is 0 Å². The van der Waals surface area contributed by atoms with E-state index in [1.165, 1.54) is 51.4 Å². The summed E-state index contributed by atoms with van der Waals surface area (Å²) >= 11 is 0. The second kappa shape index (κ2) is 13.8. The molecule has 0 unspecified atom stereocenters. The van der Waals surface area contributed by atoms with Crippen LogP contribution >= 0.6 is 0 Å². The SMILES string of the molecule is CCCCC/C=C(\CCCCC)C(=O)CCCCC. The van der Waals surface area contributed by atoms with Gasteiger partial charge >= 0.3 is 0 Å². The average Bonchev–Trinajstić information content (AvgIpc) is 2.41. The Labute approximate surface area is 120 Å². The van der Waals surface area contributed by atoms with Gasteiger partial charge in [-0.3, -0.25) is 4.79 Å². The second-order valence-corrected chi connectivity index (χ2v) is 5.56. The first-order chi connectivity index (χ1) is 9.26. The highest BCUT2D eigenvalue weighted by Gasteiger charge is 2.08. The van der Waals surface area contributed by atoms with E-state index in [0.717, 1.165) is 31.3 Å². The average molecular weight is 266 g/mol. The van der Waals surface area contributed by atoms with E-state index in [0.29, 0.717) is 5.78 Å². The standard InChI is InChI=1S/C18H34O/c1-4-7-10-13-15-17(14-11-8-5-2)18(19)16-12-9-6-3/h15H,4-14,16H2,1-3H3/b17-15+. The maximum atomic E-state index is 12.2. The molecule has 112 valence electrons. The van der Waals surface area contributed by atoms with Crippen molar-refractivity contribution in [3.63, 3.8) is 0 Å². The summed E-state index contributed by atoms with van der Waals surface area (Å²) in [6.07, 6.45) is 16.0. The number of hydrogen-bond acceptors (Lipinski definition) is 1. The van der Waals surface area contributed by atoms with E-state index in [2.05, 4.69) is 26.8 Å². The van der Waals surface area contributed by atoms with E-state index in [9.17, 15) is 4.79 Å². The molecule has 0 atom stereocenters. The van der Waals surface area contributed by atoms with Gasteiger partial charge < -0.3 is 0 Å². The second-order valence-electron chi connectivity index (χ2n) is 5.56. The number of hydrogen-bond donors (Lipinski definition) is 0. The lowest BCUT2D eigenvalue weighted by Gasteiger charge is -2.07. The number of rotatable bonds is 13. The number of ketones is 1. The van der Waals surface area contributed by atoms with Gasteiger partial charge in [0, 0.05) is 6.42 Å². The Morgan fingerprint density at radius 1 is 0.737 bits per heavy atom. The van der Waals surface area contributed by atoms with Crippen LogP contribution in [0.2, 0.25) is 0 Å². The van der Waals surface area contributed by atoms with Gasteiger partial charge in [-0.2, -0.15) is 0 Å². The summed E-state index contributed by atoms with van der Waals surface area (Å²) in [5, 5.41) is 0. The van der Waals surface area contributed by atoms with Crippen LogP contribution in [0.5, 0.6) is 0 Å². The highest BCUT2D eigenvalue weighted by molar-refractivity contribution is 5.95. The summed E-state index contributed by atoms with van der Waals surface area (Å²) in [5.41, 5.74) is 1.13. The van der Waals surface area contributed by atoms with Crippen LogP contribution in [0.15, 0.2) is 11.6 Å². The van der Waals surface area contributed by atoms with Gasteiger partial charge in [0.05, 0.1) is 0 Å². The molecular weight excluding hydrogens is 232 g/mol. The molecule has 0 heterocycles. The van der Waals surface area contributed by atoms with Crippen molar-refractivity contribution < 1.29 is 4.79 Å². The van der Waals surface area contributed by atoms with Crippen molar-refractivity contribution in [2.45, 2.75) is 97.8 Å². The zero-order valence-corrected chi connectivity index (χ0v) is 13.5. The molecule has 19 heavy (non-hydrogen) atoms. The van der Waals surface area contributed by atoms with Crippen molar-refractivity contribution in [3.05, 3.63) is 11.6 Å². The number of unbranched alkanes of at least 4 members (excludes halogenated alkanes) is 7. The molecule has 0 saturated heterocycles. The van der Waals surface area contributed by atoms with E-state index in [1.54, 1.807) is 0 Å². The van der Waals surface area contributed by atoms with Crippen LogP contribution in [0, 0.1) is 0 Å². The predicted octanol–water partition coefficient (Wildman–Crippen LogP) is 6.22. The third kappa shape index (κ3) is 11.0. The molecule has 0 aliphatic carbocycles. The van der Waals surface area contributed by atoms with Crippen molar-refractivity contribution in [1.82, 2.24) is 0 Å². The Morgan fingerprint density at radius 2 is 1.26 bits per heavy atom. The third-order valence-corrected chi connectivity index (χ3v) is 3.61. The topological polar surface area (TPSA) is 17.1 Å². The predicted molar refractivity (Wildman–Crippen MR) is 85.5 cm³/mol. The van der Waals surface area contributed by atoms with Gasteiger partial charge in [-0.05, 0) is 37.7 Å². The third-order valence-electron chi connectivity index (χ3n) is 3.61. The number of carbonyl (C=O) groups excluding carboxylic acids is 1. The number of allylic oxidation sites excluding steroid dienone is 2. The molecule has 0 aliphatic rings. The molecule has 1 heteroatoms. The van der Waals surface area contributed by atoms with Crippen molar-refractivity contribution in [2.24, 2.45) is 0 Å². The number of carbonyl (C=O) groups is 1. The Hall–Kier alpha value is -0.590. The van der Waals surface area contributed by atoms with Crippen molar-refractivity contribution >= 4 is 5.78 Å². The monoisotopic (exact) mass is 266 g/mol. The smallest absolute Gasteiger partial charge is 0.158 e. The largest absolute Gasteiger partial charge is 0.295 e. The van der Waals surface area contributed by atoms with Gasteiger partial charge in [-0.1, -0.05) is 65.4 Å². The Kier molecular flexibility index (Phi) is 13.4. The molecule has 0 N–H and O–H groups in total. The molecule has 0 aliphatic heterocycles. The molecular formula is C18H34O. The molecule has 1 nitrogen and oxygen atoms in total. The quantitative estimate of drug-likeness (QED) is 0.285. The molecule has 0 aromatic heterocycles. The van der Waals surface area contributed by atoms with Crippen molar-refractivity contribution in [1.29, 1.82) is 0 Å². The van der Waals surface area contributed by atoms with Crippen LogP contribution < -0.4 is 0 Å². The van der Waals surface area contributed by atoms with Crippen molar-refractivity contribution in [3.8, 4) is 0 Å². The fraction of sp³-hybridized carbons (Fsp3) is 0.833. The molecule has 0 spiro atoms. The zero-order chi connectivity index (χ0) is 14.3. The summed E-state index contributed by atoms with van der Waals surface area (Å²) in [4.78, 5) is 12.2. The fourth-order valence-electron chi connectivity index (χ4n) is 2.29. The van der Waals surface area contributed by atoms with E-state index < -0.39 is 0 Å². The van der Waals surface area contributed by atoms with Crippen LogP contribution in [-0.2, 0) is 4.79 Å². The van der Waals surface area contributed by atoms with Crippen LogP contribution in [0.1, 0.15) is 97.8 Å². The maximum absolute atomic E-state index is 12.2. The summed E-state index contributed by atoms with van der Waals surface area (Å²) in [7, 11) is 0. The summed E-state index contributed by atoms with van der Waals surface area (Å²) in [5.74, 6) is 0.418. The molecule has 0 aromatic rings. The normalized spacial score (nSPS) is 11.8. The zero-order valence-electron chi connectivity index (χ0n) is 13.5. The lowest BCUT2D eigenvalue weighted by atomic mass is 9.98. The van der Waals surface area contributed by atoms with Crippen molar-refractivity contribution in [2.75, 3.05) is 0 Å². The minimum atomic E-state index is 0.418. The summed E-state index contributed by atoms with van der Waals surface area (Å²) in [6.45, 7) is 6.63. The van der Waals surface area contributed by atoms with Gasteiger partial charge in [0.15, 0.2) is 5.78 Å². The first-order valence-electron chi connectivity index (χ1n) is 8.48. The van der Waals surface area contributed by atoms with Gasteiger partial charge in [0.25, 0.3) is 0 Å². The Morgan fingerprint density at radius 3 is 1.84 bits per heavy atom. The Balaban J connectivity index is 4.17. The highest BCUT2D eigenvalue weighted by Crippen LogP contribution is 2.16. The summed E-state index contributed by atoms with van der Waals surface area (Å²) in [6, 6.07) is 0. The van der Waals surface area contributed by atoms with E-state index in [4.69, 9.17) is 0 Å². The first-order valence-corrected chi connectivity index (χ1v) is 8.48. The molecule has 0 bridgehead atoms. The van der Waals surface area contributed by atoms with Crippen LogP contribution in [0.4, 0.5) is 0 Å². The fourth-order valence-corrected chi connectivity index (χ4v) is 2.29. The van der Waals surface area contributed by atoms with E-state index in [-0.39, 0.29) is 0 Å². The molecule has 0 fully saturated rings. The van der Waals surface area contributed by atoms with E-state index >= 15 is 0 Å². The maximum Gasteiger partial charge on any atom is 0.158 e. The molecule has 0 amide bonds. The molecule has 0 saturated carbocycles. The lowest BCUT2D eigenvalue weighted by molar-refractivity contribution is -0.115. The van der Waals surface area contributed by atoms with Gasteiger partial charge in [0.2, 0.25) is 0 Å². The number of Topliss-reactive ketones (excluding diaryl/α,β-unsaturated/α-hetero) is 1. The van der Waals surface area contributed by atoms with Crippen LogP contribution in [0.3, 0.4) is 0 Å². The molecule has 0 aromatic carbocycles. The Bertz CT molecular complexity index is 240. The minimum Gasteiger partial charge on any atom is -0.295 e. The first kappa shape index (κ1) is 18.4. The van der Waals surface area contributed by atoms with Gasteiger partial charge in [-0.25, -0.2) is 0 Å². The van der Waals surface area contributed by atoms with Gasteiger partial charge in [-0.15, -0.1) is 0 Å². The van der Waals surface area contributed by atoms with Crippen LogP contribution in [0.25, 0.3) is 0 Å². The van der Waals surface area contributed by atoms with Crippen LogP contribution in [-0.4, -0.2) is 5.78 Å². The molecule has 0 rings (SSSR count). The lowest BCUT2D eigenvalue weighted by Crippen LogP contribution is -2.03. The molecule has 0 radical (unpaired) electrons. The minimum absolute atomic E-state index is 0.418. The highest BCUT2D eigenvalue weighted by atomic mass is 16.1. The van der Waals surface area contributed by atoms with Gasteiger partial charge in [0.1, 0.15) is 0 Å².